The standard InChI is InChI=1S/C23H25BrN2O3/c1-2-3-4-5-8-14-26-19-13-7-6-12-18(19)21(27)20(23(26)29)22(28)25-17-11-9-10-16(24)15-17/h6-7,9-13,15,27H,2-5,8,14H2,1H3,(H,25,28). The molecular weight excluding hydrogens is 432 g/mol. The number of rotatable bonds is 8. The molecule has 0 aliphatic carbocycles. The fourth-order valence-corrected chi connectivity index (χ4v) is 3.85. The number of fused-ring (bicyclic) bond motifs is 1. The van der Waals surface area contributed by atoms with Crippen molar-refractivity contribution in [2.24, 2.45) is 0 Å². The van der Waals surface area contributed by atoms with Gasteiger partial charge in [-0.2, -0.15) is 0 Å². The van der Waals surface area contributed by atoms with Gasteiger partial charge >= 0.3 is 0 Å². The number of carbonyl (C=O) groups excluding carboxylic acids is 1. The minimum absolute atomic E-state index is 0.225. The lowest BCUT2D eigenvalue weighted by atomic mass is 10.1. The Morgan fingerprint density at radius 3 is 2.59 bits per heavy atom. The van der Waals surface area contributed by atoms with E-state index in [2.05, 4.69) is 28.2 Å². The van der Waals surface area contributed by atoms with Crippen molar-refractivity contribution in [1.82, 2.24) is 4.57 Å². The van der Waals surface area contributed by atoms with Crippen LogP contribution >= 0.6 is 15.9 Å². The van der Waals surface area contributed by atoms with E-state index in [4.69, 9.17) is 0 Å². The quantitative estimate of drug-likeness (QED) is 0.427. The molecule has 3 rings (SSSR count). The van der Waals surface area contributed by atoms with Crippen LogP contribution in [0.25, 0.3) is 10.9 Å². The van der Waals surface area contributed by atoms with Gasteiger partial charge in [-0.05, 0) is 36.8 Å². The van der Waals surface area contributed by atoms with Crippen LogP contribution in [0, 0.1) is 0 Å². The Morgan fingerprint density at radius 2 is 1.83 bits per heavy atom. The molecule has 0 aliphatic heterocycles. The molecule has 2 aromatic carbocycles. The molecule has 1 heterocycles. The number of nitrogens with one attached hydrogen (secondary N) is 1. The summed E-state index contributed by atoms with van der Waals surface area (Å²) in [5.74, 6) is -0.892. The molecule has 0 aliphatic rings. The first-order valence-electron chi connectivity index (χ1n) is 9.94. The summed E-state index contributed by atoms with van der Waals surface area (Å²) in [7, 11) is 0. The third-order valence-electron chi connectivity index (χ3n) is 4.94. The van der Waals surface area contributed by atoms with Crippen LogP contribution in [-0.2, 0) is 6.54 Å². The van der Waals surface area contributed by atoms with Crippen molar-refractivity contribution in [3.63, 3.8) is 0 Å². The zero-order chi connectivity index (χ0) is 20.8. The highest BCUT2D eigenvalue weighted by Crippen LogP contribution is 2.27. The van der Waals surface area contributed by atoms with E-state index in [1.54, 1.807) is 41.0 Å². The van der Waals surface area contributed by atoms with Crippen molar-refractivity contribution in [2.45, 2.75) is 45.6 Å². The third-order valence-corrected chi connectivity index (χ3v) is 5.43. The van der Waals surface area contributed by atoms with E-state index in [9.17, 15) is 14.7 Å². The highest BCUT2D eigenvalue weighted by Gasteiger charge is 2.22. The number of para-hydroxylation sites is 1. The number of hydrogen-bond acceptors (Lipinski definition) is 3. The predicted molar refractivity (Wildman–Crippen MR) is 121 cm³/mol. The first-order chi connectivity index (χ1) is 14.0. The highest BCUT2D eigenvalue weighted by molar-refractivity contribution is 9.10. The molecule has 3 aromatic rings. The molecule has 1 aromatic heterocycles. The Kier molecular flexibility index (Phi) is 7.09. The summed E-state index contributed by atoms with van der Waals surface area (Å²) in [6.45, 7) is 2.68. The molecule has 2 N–H and O–H groups in total. The molecule has 0 spiro atoms. The minimum Gasteiger partial charge on any atom is -0.506 e. The second-order valence-corrected chi connectivity index (χ2v) is 7.99. The van der Waals surface area contributed by atoms with Gasteiger partial charge < -0.3 is 15.0 Å². The lowest BCUT2D eigenvalue weighted by Gasteiger charge is -2.15. The van der Waals surface area contributed by atoms with Gasteiger partial charge in [0.25, 0.3) is 11.5 Å². The van der Waals surface area contributed by atoms with Crippen molar-refractivity contribution in [1.29, 1.82) is 0 Å². The Labute approximate surface area is 178 Å². The number of pyridine rings is 1. The SMILES string of the molecule is CCCCCCCn1c(=O)c(C(=O)Nc2cccc(Br)c2)c(O)c2ccccc21. The molecule has 152 valence electrons. The summed E-state index contributed by atoms with van der Waals surface area (Å²) in [5, 5.41) is 13.9. The number of aryl methyl sites for hydroxylation is 1. The maximum Gasteiger partial charge on any atom is 0.267 e. The third kappa shape index (κ3) is 4.88. The molecule has 0 fully saturated rings. The van der Waals surface area contributed by atoms with Crippen LogP contribution in [0.1, 0.15) is 49.4 Å². The molecule has 0 radical (unpaired) electrons. The number of halogens is 1. The van der Waals surface area contributed by atoms with Gasteiger partial charge in [0.1, 0.15) is 11.3 Å². The van der Waals surface area contributed by atoms with Gasteiger partial charge in [-0.3, -0.25) is 9.59 Å². The first-order valence-corrected chi connectivity index (χ1v) is 10.7. The van der Waals surface area contributed by atoms with Gasteiger partial charge in [-0.25, -0.2) is 0 Å². The smallest absolute Gasteiger partial charge is 0.267 e. The van der Waals surface area contributed by atoms with Crippen molar-refractivity contribution in [2.75, 3.05) is 5.32 Å². The van der Waals surface area contributed by atoms with Crippen LogP contribution in [0.3, 0.4) is 0 Å². The van der Waals surface area contributed by atoms with Crippen molar-refractivity contribution in [3.8, 4) is 5.75 Å². The van der Waals surface area contributed by atoms with Gasteiger partial charge in [0, 0.05) is 22.1 Å². The van der Waals surface area contributed by atoms with Crippen molar-refractivity contribution in [3.05, 3.63) is 68.9 Å². The van der Waals surface area contributed by atoms with E-state index >= 15 is 0 Å². The molecule has 6 heteroatoms. The fourth-order valence-electron chi connectivity index (χ4n) is 3.45. The van der Waals surface area contributed by atoms with Crippen molar-refractivity contribution < 1.29 is 9.90 Å². The summed E-state index contributed by atoms with van der Waals surface area (Å²) in [6, 6.07) is 14.2. The number of benzene rings is 2. The Balaban J connectivity index is 1.98. The summed E-state index contributed by atoms with van der Waals surface area (Å²) in [5.41, 5.74) is 0.494. The van der Waals surface area contributed by atoms with Crippen LogP contribution in [0.2, 0.25) is 0 Å². The number of aromatic hydroxyl groups is 1. The molecule has 0 saturated heterocycles. The number of anilines is 1. The van der Waals surface area contributed by atoms with Gasteiger partial charge in [-0.15, -0.1) is 0 Å². The van der Waals surface area contributed by atoms with Crippen LogP contribution < -0.4 is 10.9 Å². The van der Waals surface area contributed by atoms with E-state index in [1.165, 1.54) is 6.42 Å². The van der Waals surface area contributed by atoms with E-state index < -0.39 is 11.5 Å². The Bertz CT molecular complexity index is 1080. The van der Waals surface area contributed by atoms with E-state index in [0.29, 0.717) is 23.1 Å². The molecule has 0 atom stereocenters. The van der Waals surface area contributed by atoms with Crippen LogP contribution in [0.15, 0.2) is 57.8 Å². The molecule has 0 bridgehead atoms. The Hall–Kier alpha value is -2.60. The highest BCUT2D eigenvalue weighted by atomic mass is 79.9. The van der Waals surface area contributed by atoms with Gasteiger partial charge in [0.15, 0.2) is 0 Å². The Morgan fingerprint density at radius 1 is 1.07 bits per heavy atom. The molecule has 29 heavy (non-hydrogen) atoms. The van der Waals surface area contributed by atoms with Crippen LogP contribution in [-0.4, -0.2) is 15.6 Å². The minimum atomic E-state index is -0.615. The van der Waals surface area contributed by atoms with Crippen molar-refractivity contribution >= 4 is 38.4 Å². The van der Waals surface area contributed by atoms with Gasteiger partial charge in [-0.1, -0.05) is 66.7 Å². The van der Waals surface area contributed by atoms with E-state index in [1.807, 2.05) is 12.1 Å². The van der Waals surface area contributed by atoms with Gasteiger partial charge in [0.2, 0.25) is 0 Å². The number of aromatic nitrogens is 1. The number of nitrogens with zero attached hydrogens (tertiary/aromatic N) is 1. The number of amides is 1. The second-order valence-electron chi connectivity index (χ2n) is 7.08. The average Bonchev–Trinajstić information content (AvgIpc) is 2.70. The second kappa shape index (κ2) is 9.74. The summed E-state index contributed by atoms with van der Waals surface area (Å²) in [4.78, 5) is 26.0. The number of carbonyl (C=O) groups is 1. The maximum absolute atomic E-state index is 13.2. The summed E-state index contributed by atoms with van der Waals surface area (Å²) < 4.78 is 2.42. The van der Waals surface area contributed by atoms with Crippen LogP contribution in [0.5, 0.6) is 5.75 Å². The number of hydrogen-bond donors (Lipinski definition) is 2. The van der Waals surface area contributed by atoms with Gasteiger partial charge in [0.05, 0.1) is 5.52 Å². The zero-order valence-electron chi connectivity index (χ0n) is 16.5. The lowest BCUT2D eigenvalue weighted by molar-refractivity contribution is 0.102. The lowest BCUT2D eigenvalue weighted by Crippen LogP contribution is -2.30. The molecule has 1 amide bonds. The zero-order valence-corrected chi connectivity index (χ0v) is 18.0. The topological polar surface area (TPSA) is 71.3 Å². The normalized spacial score (nSPS) is 11.0. The first kappa shape index (κ1) is 21.1. The average molecular weight is 457 g/mol. The molecular formula is C23H25BrN2O3. The fraction of sp³-hybridized carbons (Fsp3) is 0.304. The summed E-state index contributed by atoms with van der Waals surface area (Å²) >= 11 is 3.36. The van der Waals surface area contributed by atoms with E-state index in [0.717, 1.165) is 30.2 Å². The molecule has 5 nitrogen and oxygen atoms in total. The summed E-state index contributed by atoms with van der Waals surface area (Å²) in [6.07, 6.45) is 5.32. The monoisotopic (exact) mass is 456 g/mol. The van der Waals surface area contributed by atoms with E-state index in [-0.39, 0.29) is 11.3 Å². The number of unbranched alkanes of at least 4 members (excludes halogenated alkanes) is 4. The predicted octanol–water partition coefficient (Wildman–Crippen LogP) is 5.69. The largest absolute Gasteiger partial charge is 0.506 e. The molecule has 0 unspecified atom stereocenters. The maximum atomic E-state index is 13.2. The van der Waals surface area contributed by atoms with Crippen LogP contribution in [0.4, 0.5) is 5.69 Å². The molecule has 0 saturated carbocycles.